The fourth-order valence-electron chi connectivity index (χ4n) is 0.451. The van der Waals surface area contributed by atoms with Gasteiger partial charge in [0.25, 0.3) is 0 Å². The summed E-state index contributed by atoms with van der Waals surface area (Å²) in [5.41, 5.74) is 0. The lowest BCUT2D eigenvalue weighted by atomic mass is 10.0. The molecule has 0 saturated heterocycles. The molecule has 0 aliphatic rings. The second-order valence-electron chi connectivity index (χ2n) is 2.60. The van der Waals surface area contributed by atoms with Crippen LogP contribution in [0.4, 0.5) is 22.0 Å². The molecule has 0 rings (SSSR count). The van der Waals surface area contributed by atoms with Crippen molar-refractivity contribution in [2.24, 2.45) is 5.92 Å². The Morgan fingerprint density at radius 2 is 1.29 bits per heavy atom. The molecule has 0 aromatic heterocycles. The Morgan fingerprint density at radius 3 is 1.36 bits per heavy atom. The van der Waals surface area contributed by atoms with E-state index in [2.05, 4.69) is 0 Å². The summed E-state index contributed by atoms with van der Waals surface area (Å²) < 4.78 is 59.2. The summed E-state index contributed by atoms with van der Waals surface area (Å²) >= 11 is 0. The minimum atomic E-state index is -5.46. The van der Waals surface area contributed by atoms with Crippen LogP contribution in [0.25, 0.3) is 0 Å². The molecule has 0 aromatic carbocycles. The first kappa shape index (κ1) is 15.8. The van der Waals surface area contributed by atoms with Crippen molar-refractivity contribution in [1.82, 2.24) is 0 Å². The number of alkyl halides is 5. The van der Waals surface area contributed by atoms with Crippen LogP contribution in [-0.2, 0) is 4.79 Å². The second kappa shape index (κ2) is 5.26. The molecule has 0 atom stereocenters. The average Bonchev–Trinajstić information content (AvgIpc) is 2.05. The maximum Gasteiger partial charge on any atom is 0.456 e. The minimum absolute atomic E-state index is 0.851. The van der Waals surface area contributed by atoms with Gasteiger partial charge in [-0.15, -0.1) is 0 Å². The van der Waals surface area contributed by atoms with Crippen molar-refractivity contribution in [3.63, 3.8) is 0 Å². The summed E-state index contributed by atoms with van der Waals surface area (Å²) in [6.45, 7) is 5.70. The Balaban J connectivity index is 0. The van der Waals surface area contributed by atoms with Crippen molar-refractivity contribution in [1.29, 1.82) is 0 Å². The maximum absolute atomic E-state index is 12.4. The van der Waals surface area contributed by atoms with E-state index in [0.717, 1.165) is 13.8 Å². The SMILES string of the molecule is CC.CC(C)C(F)(F)C(=O)C(F)(F)F. The molecule has 86 valence electrons. The highest BCUT2D eigenvalue weighted by Gasteiger charge is 2.56. The third-order valence-electron chi connectivity index (χ3n) is 1.29. The summed E-state index contributed by atoms with van der Waals surface area (Å²) in [6, 6.07) is 0. The Morgan fingerprint density at radius 1 is 1.00 bits per heavy atom. The van der Waals surface area contributed by atoms with E-state index >= 15 is 0 Å². The van der Waals surface area contributed by atoms with Crippen molar-refractivity contribution >= 4 is 5.78 Å². The van der Waals surface area contributed by atoms with E-state index in [1.54, 1.807) is 0 Å². The Kier molecular flexibility index (Phi) is 5.93. The molecular formula is C8H13F5O. The molecule has 0 unspecified atom stereocenters. The molecule has 1 nitrogen and oxygen atoms in total. The van der Waals surface area contributed by atoms with Gasteiger partial charge in [0.05, 0.1) is 0 Å². The second-order valence-corrected chi connectivity index (χ2v) is 2.60. The van der Waals surface area contributed by atoms with Gasteiger partial charge in [0.1, 0.15) is 0 Å². The highest BCUT2D eigenvalue weighted by atomic mass is 19.4. The molecule has 0 spiro atoms. The van der Waals surface area contributed by atoms with Crippen LogP contribution in [0.2, 0.25) is 0 Å². The summed E-state index contributed by atoms with van der Waals surface area (Å²) in [5, 5.41) is 0. The average molecular weight is 220 g/mol. The van der Waals surface area contributed by atoms with Gasteiger partial charge in [-0.3, -0.25) is 4.79 Å². The third kappa shape index (κ3) is 4.02. The van der Waals surface area contributed by atoms with Crippen LogP contribution in [0.15, 0.2) is 0 Å². The van der Waals surface area contributed by atoms with E-state index in [0.29, 0.717) is 0 Å². The number of hydrogen-bond acceptors (Lipinski definition) is 1. The van der Waals surface area contributed by atoms with Gasteiger partial charge in [0.2, 0.25) is 0 Å². The number of halogens is 5. The van der Waals surface area contributed by atoms with Crippen LogP contribution in [0, 0.1) is 5.92 Å². The van der Waals surface area contributed by atoms with E-state index < -0.39 is 23.8 Å². The van der Waals surface area contributed by atoms with Crippen molar-refractivity contribution in [2.75, 3.05) is 0 Å². The molecule has 0 amide bonds. The molecule has 0 aliphatic carbocycles. The first-order valence-corrected chi connectivity index (χ1v) is 4.09. The normalized spacial score (nSPS) is 12.1. The smallest absolute Gasteiger partial charge is 0.283 e. The Bertz CT molecular complexity index is 183. The molecule has 0 N–H and O–H groups in total. The molecule has 0 saturated carbocycles. The molecule has 0 radical (unpaired) electrons. The summed E-state index contributed by atoms with van der Waals surface area (Å²) in [4.78, 5) is 10.1. The van der Waals surface area contributed by atoms with Crippen LogP contribution >= 0.6 is 0 Å². The van der Waals surface area contributed by atoms with Crippen molar-refractivity contribution in [3.8, 4) is 0 Å². The number of carbonyl (C=O) groups is 1. The molecule has 0 fully saturated rings. The zero-order valence-electron chi connectivity index (χ0n) is 8.38. The van der Waals surface area contributed by atoms with Crippen LogP contribution < -0.4 is 0 Å². The molecule has 6 heteroatoms. The van der Waals surface area contributed by atoms with E-state index in [1.807, 2.05) is 13.8 Å². The van der Waals surface area contributed by atoms with E-state index in [9.17, 15) is 26.7 Å². The van der Waals surface area contributed by atoms with Crippen molar-refractivity contribution < 1.29 is 26.7 Å². The monoisotopic (exact) mass is 220 g/mol. The zero-order chi connectivity index (χ0) is 12.2. The summed E-state index contributed by atoms with van der Waals surface area (Å²) in [7, 11) is 0. The van der Waals surface area contributed by atoms with Crippen LogP contribution in [0.1, 0.15) is 27.7 Å². The van der Waals surface area contributed by atoms with Gasteiger partial charge in [0.15, 0.2) is 0 Å². The fraction of sp³-hybridized carbons (Fsp3) is 0.875. The molecule has 14 heavy (non-hydrogen) atoms. The molecule has 0 aromatic rings. The highest BCUT2D eigenvalue weighted by Crippen LogP contribution is 2.32. The van der Waals surface area contributed by atoms with Gasteiger partial charge in [-0.05, 0) is 0 Å². The summed E-state index contributed by atoms with van der Waals surface area (Å²) in [5.74, 6) is -8.95. The predicted octanol–water partition coefficient (Wildman–Crippen LogP) is 3.44. The number of hydrogen-bond donors (Lipinski definition) is 0. The Labute approximate surface area is 79.3 Å². The quantitative estimate of drug-likeness (QED) is 0.651. The molecule has 0 aliphatic heterocycles. The lowest BCUT2D eigenvalue weighted by Crippen LogP contribution is -2.43. The standard InChI is InChI=1S/C6H7F5O.C2H6/c1-3(2)5(7,8)4(12)6(9,10)11;1-2/h3H,1-2H3;1-2H3. The lowest BCUT2D eigenvalue weighted by Gasteiger charge is -2.19. The van der Waals surface area contributed by atoms with E-state index in [4.69, 9.17) is 0 Å². The number of carbonyl (C=O) groups excluding carboxylic acids is 1. The van der Waals surface area contributed by atoms with Gasteiger partial charge in [0, 0.05) is 5.92 Å². The molecular weight excluding hydrogens is 207 g/mol. The van der Waals surface area contributed by atoms with Crippen molar-refractivity contribution in [2.45, 2.75) is 39.8 Å². The van der Waals surface area contributed by atoms with Gasteiger partial charge in [-0.25, -0.2) is 0 Å². The highest BCUT2D eigenvalue weighted by molar-refractivity contribution is 5.90. The summed E-state index contributed by atoms with van der Waals surface area (Å²) in [6.07, 6.45) is -5.46. The Hall–Kier alpha value is -0.680. The van der Waals surface area contributed by atoms with Crippen LogP contribution in [-0.4, -0.2) is 17.9 Å². The number of ketones is 1. The lowest BCUT2D eigenvalue weighted by molar-refractivity contribution is -0.200. The van der Waals surface area contributed by atoms with Gasteiger partial charge in [-0.2, -0.15) is 22.0 Å². The van der Waals surface area contributed by atoms with E-state index in [1.165, 1.54) is 0 Å². The van der Waals surface area contributed by atoms with Crippen LogP contribution in [0.5, 0.6) is 0 Å². The fourth-order valence-corrected chi connectivity index (χ4v) is 0.451. The van der Waals surface area contributed by atoms with Gasteiger partial charge < -0.3 is 0 Å². The van der Waals surface area contributed by atoms with Gasteiger partial charge in [-0.1, -0.05) is 27.7 Å². The first-order valence-electron chi connectivity index (χ1n) is 4.09. The molecule has 0 bridgehead atoms. The van der Waals surface area contributed by atoms with Crippen LogP contribution in [0.3, 0.4) is 0 Å². The predicted molar refractivity (Wildman–Crippen MR) is 42.2 cm³/mol. The first-order chi connectivity index (χ1) is 6.10. The number of rotatable bonds is 2. The van der Waals surface area contributed by atoms with E-state index in [-0.39, 0.29) is 0 Å². The van der Waals surface area contributed by atoms with Crippen molar-refractivity contribution in [3.05, 3.63) is 0 Å². The topological polar surface area (TPSA) is 17.1 Å². The minimum Gasteiger partial charge on any atom is -0.283 e. The molecule has 0 heterocycles. The third-order valence-corrected chi connectivity index (χ3v) is 1.29. The largest absolute Gasteiger partial charge is 0.456 e. The zero-order valence-corrected chi connectivity index (χ0v) is 8.38. The maximum atomic E-state index is 12.4. The number of Topliss-reactive ketones (excluding diaryl/α,β-unsaturated/α-hetero) is 1. The van der Waals surface area contributed by atoms with Gasteiger partial charge >= 0.3 is 17.9 Å².